The highest BCUT2D eigenvalue weighted by atomic mass is 79.9. The zero-order valence-electron chi connectivity index (χ0n) is 10.3. The molecule has 1 aliphatic rings. The number of carboxylic acid groups (broad SMARTS) is 1. The van der Waals surface area contributed by atoms with E-state index in [1.807, 2.05) is 0 Å². The smallest absolute Gasteiger partial charge is 0.322 e. The van der Waals surface area contributed by atoms with E-state index < -0.39 is 22.0 Å². The molecule has 1 fully saturated rings. The van der Waals surface area contributed by atoms with Crippen molar-refractivity contribution in [1.29, 1.82) is 0 Å². The van der Waals surface area contributed by atoms with Gasteiger partial charge < -0.3 is 5.11 Å². The molecule has 104 valence electrons. The van der Waals surface area contributed by atoms with Crippen LogP contribution in [0.5, 0.6) is 0 Å². The molecule has 5 nitrogen and oxygen atoms in total. The van der Waals surface area contributed by atoms with Crippen molar-refractivity contribution >= 4 is 31.9 Å². The average Bonchev–Trinajstić information content (AvgIpc) is 2.72. The minimum absolute atomic E-state index is 0.107. The maximum Gasteiger partial charge on any atom is 0.322 e. The van der Waals surface area contributed by atoms with Gasteiger partial charge in [0, 0.05) is 11.0 Å². The quantitative estimate of drug-likeness (QED) is 0.906. The Labute approximate surface area is 120 Å². The van der Waals surface area contributed by atoms with Crippen LogP contribution in [-0.4, -0.2) is 36.4 Å². The fraction of sp³-hybridized carbons (Fsp3) is 0.417. The van der Waals surface area contributed by atoms with Gasteiger partial charge >= 0.3 is 5.97 Å². The summed E-state index contributed by atoms with van der Waals surface area (Å²) in [5.41, 5.74) is 0. The third kappa shape index (κ3) is 2.54. The summed E-state index contributed by atoms with van der Waals surface area (Å²) in [5.74, 6) is -1.28. The number of carbonyl (C=O) groups is 1. The Morgan fingerprint density at radius 1 is 1.42 bits per heavy atom. The molecule has 0 radical (unpaired) electrons. The Bertz CT molecular complexity index is 602. The molecule has 1 saturated heterocycles. The molecular formula is C12H14BrNO4S. The molecule has 2 unspecified atom stereocenters. The summed E-state index contributed by atoms with van der Waals surface area (Å²) in [6.45, 7) is 2.00. The van der Waals surface area contributed by atoms with Crippen molar-refractivity contribution in [2.75, 3.05) is 6.54 Å². The van der Waals surface area contributed by atoms with Gasteiger partial charge in [-0.1, -0.05) is 19.1 Å². The molecule has 0 amide bonds. The zero-order valence-corrected chi connectivity index (χ0v) is 12.7. The summed E-state index contributed by atoms with van der Waals surface area (Å²) in [7, 11) is -3.79. The third-order valence-electron chi connectivity index (χ3n) is 3.33. The number of benzene rings is 1. The van der Waals surface area contributed by atoms with E-state index in [2.05, 4.69) is 15.9 Å². The van der Waals surface area contributed by atoms with Crippen molar-refractivity contribution in [3.8, 4) is 0 Å². The lowest BCUT2D eigenvalue weighted by Gasteiger charge is -2.23. The van der Waals surface area contributed by atoms with E-state index in [1.165, 1.54) is 6.07 Å². The molecule has 2 rings (SSSR count). The fourth-order valence-corrected chi connectivity index (χ4v) is 4.99. The molecule has 0 bridgehead atoms. The average molecular weight is 348 g/mol. The van der Waals surface area contributed by atoms with Gasteiger partial charge in [-0.25, -0.2) is 8.42 Å². The number of halogens is 1. The van der Waals surface area contributed by atoms with Gasteiger partial charge in [-0.2, -0.15) is 4.31 Å². The maximum atomic E-state index is 12.5. The molecule has 7 heteroatoms. The van der Waals surface area contributed by atoms with Gasteiger partial charge in [0.1, 0.15) is 6.04 Å². The summed E-state index contributed by atoms with van der Waals surface area (Å²) in [4.78, 5) is 11.4. The second-order valence-electron chi connectivity index (χ2n) is 4.60. The van der Waals surface area contributed by atoms with Gasteiger partial charge in [-0.05, 0) is 40.4 Å². The van der Waals surface area contributed by atoms with E-state index in [1.54, 1.807) is 25.1 Å². The second-order valence-corrected chi connectivity index (χ2v) is 7.31. The Morgan fingerprint density at radius 3 is 2.63 bits per heavy atom. The number of sulfonamides is 1. The fourth-order valence-electron chi connectivity index (χ4n) is 2.33. The first-order valence-electron chi connectivity index (χ1n) is 5.85. The van der Waals surface area contributed by atoms with E-state index in [0.29, 0.717) is 10.9 Å². The molecule has 0 aromatic heterocycles. The molecule has 1 aromatic rings. The normalized spacial score (nSPS) is 24.5. The summed E-state index contributed by atoms with van der Waals surface area (Å²) >= 11 is 3.20. The van der Waals surface area contributed by atoms with Crippen molar-refractivity contribution in [1.82, 2.24) is 4.31 Å². The molecule has 0 aliphatic carbocycles. The number of rotatable bonds is 3. The standard InChI is InChI=1S/C12H14BrNO4S/c1-8-6-7-14(11(8)12(15)16)19(17,18)10-5-3-2-4-9(10)13/h2-5,8,11H,6-7H2,1H3,(H,15,16). The van der Waals surface area contributed by atoms with Crippen LogP contribution in [0.1, 0.15) is 13.3 Å². The van der Waals surface area contributed by atoms with Crippen LogP contribution in [0.4, 0.5) is 0 Å². The van der Waals surface area contributed by atoms with E-state index >= 15 is 0 Å². The van der Waals surface area contributed by atoms with Crippen molar-refractivity contribution in [2.45, 2.75) is 24.3 Å². The predicted molar refractivity (Wildman–Crippen MR) is 73.2 cm³/mol. The third-order valence-corrected chi connectivity index (χ3v) is 6.22. The van der Waals surface area contributed by atoms with Crippen molar-refractivity contribution in [3.63, 3.8) is 0 Å². The summed E-state index contributed by atoms with van der Waals surface area (Å²) < 4.78 is 26.6. The van der Waals surface area contributed by atoms with Crippen LogP contribution in [0.15, 0.2) is 33.6 Å². The van der Waals surface area contributed by atoms with Crippen LogP contribution < -0.4 is 0 Å². The summed E-state index contributed by atoms with van der Waals surface area (Å²) in [5, 5.41) is 9.22. The van der Waals surface area contributed by atoms with Crippen molar-refractivity contribution in [3.05, 3.63) is 28.7 Å². The number of carboxylic acids is 1. The Morgan fingerprint density at radius 2 is 2.05 bits per heavy atom. The lowest BCUT2D eigenvalue weighted by molar-refractivity contribution is -0.141. The highest BCUT2D eigenvalue weighted by Gasteiger charge is 2.44. The van der Waals surface area contributed by atoms with Gasteiger partial charge in [0.05, 0.1) is 4.90 Å². The first-order chi connectivity index (χ1) is 8.85. The van der Waals surface area contributed by atoms with Crippen LogP contribution in [0.3, 0.4) is 0 Å². The van der Waals surface area contributed by atoms with E-state index in [-0.39, 0.29) is 17.4 Å². The molecule has 0 saturated carbocycles. The highest BCUT2D eigenvalue weighted by Crippen LogP contribution is 2.32. The largest absolute Gasteiger partial charge is 0.480 e. The van der Waals surface area contributed by atoms with Gasteiger partial charge in [-0.15, -0.1) is 0 Å². The Hall–Kier alpha value is -0.920. The summed E-state index contributed by atoms with van der Waals surface area (Å²) in [6.07, 6.45) is 0.556. The SMILES string of the molecule is CC1CCN(S(=O)(=O)c2ccccc2Br)C1C(=O)O. The summed E-state index contributed by atoms with van der Waals surface area (Å²) in [6, 6.07) is 5.44. The minimum atomic E-state index is -3.79. The zero-order chi connectivity index (χ0) is 14.2. The lowest BCUT2D eigenvalue weighted by Crippen LogP contribution is -2.42. The van der Waals surface area contributed by atoms with E-state index in [4.69, 9.17) is 0 Å². The first-order valence-corrected chi connectivity index (χ1v) is 8.08. The molecule has 1 N–H and O–H groups in total. The highest BCUT2D eigenvalue weighted by molar-refractivity contribution is 9.10. The van der Waals surface area contributed by atoms with E-state index in [9.17, 15) is 18.3 Å². The Kier molecular flexibility index (Phi) is 3.98. The molecule has 19 heavy (non-hydrogen) atoms. The predicted octanol–water partition coefficient (Wildman–Crippen LogP) is 1.93. The van der Waals surface area contributed by atoms with Crippen LogP contribution in [-0.2, 0) is 14.8 Å². The minimum Gasteiger partial charge on any atom is -0.480 e. The lowest BCUT2D eigenvalue weighted by atomic mass is 10.0. The molecule has 2 atom stereocenters. The molecule has 0 spiro atoms. The molecular weight excluding hydrogens is 334 g/mol. The van der Waals surface area contributed by atoms with E-state index in [0.717, 1.165) is 4.31 Å². The van der Waals surface area contributed by atoms with Crippen LogP contribution >= 0.6 is 15.9 Å². The number of hydrogen-bond acceptors (Lipinski definition) is 3. The number of hydrogen-bond donors (Lipinski definition) is 1. The van der Waals surface area contributed by atoms with Gasteiger partial charge in [0.25, 0.3) is 0 Å². The van der Waals surface area contributed by atoms with Gasteiger partial charge in [0.15, 0.2) is 0 Å². The number of aliphatic carboxylic acids is 1. The Balaban J connectivity index is 2.46. The molecule has 1 heterocycles. The monoisotopic (exact) mass is 347 g/mol. The molecule has 1 aromatic carbocycles. The van der Waals surface area contributed by atoms with Crippen LogP contribution in [0.25, 0.3) is 0 Å². The van der Waals surface area contributed by atoms with Crippen molar-refractivity contribution < 1.29 is 18.3 Å². The van der Waals surface area contributed by atoms with Crippen LogP contribution in [0.2, 0.25) is 0 Å². The van der Waals surface area contributed by atoms with Gasteiger partial charge in [-0.3, -0.25) is 4.79 Å². The first kappa shape index (κ1) is 14.5. The number of nitrogens with zero attached hydrogens (tertiary/aromatic N) is 1. The van der Waals surface area contributed by atoms with Crippen LogP contribution in [0, 0.1) is 5.92 Å². The topological polar surface area (TPSA) is 74.7 Å². The second kappa shape index (κ2) is 5.22. The van der Waals surface area contributed by atoms with Crippen molar-refractivity contribution in [2.24, 2.45) is 5.92 Å². The molecule has 1 aliphatic heterocycles. The van der Waals surface area contributed by atoms with Gasteiger partial charge in [0.2, 0.25) is 10.0 Å². The maximum absolute atomic E-state index is 12.5.